The van der Waals surface area contributed by atoms with Gasteiger partial charge < -0.3 is 19.5 Å². The number of nitrogens with zero attached hydrogens (tertiary/aromatic N) is 2. The Kier molecular flexibility index (Phi) is 5.95. The summed E-state index contributed by atoms with van der Waals surface area (Å²) in [6, 6.07) is 9.16. The monoisotopic (exact) mass is 331 g/mol. The van der Waals surface area contributed by atoms with Crippen molar-refractivity contribution in [1.29, 1.82) is 0 Å². The molecule has 7 heteroatoms. The first-order valence-corrected chi connectivity index (χ1v) is 7.66. The van der Waals surface area contributed by atoms with Gasteiger partial charge in [0.1, 0.15) is 11.5 Å². The average Bonchev–Trinajstić information content (AvgIpc) is 2.97. The summed E-state index contributed by atoms with van der Waals surface area (Å²) < 4.78 is 10.3. The number of ether oxygens (including phenoxy) is 1. The van der Waals surface area contributed by atoms with Crippen LogP contribution in [0.5, 0.6) is 5.75 Å². The predicted octanol–water partition coefficient (Wildman–Crippen LogP) is 2.02. The van der Waals surface area contributed by atoms with E-state index >= 15 is 0 Å². The molecule has 2 amide bonds. The molecule has 0 aliphatic carbocycles. The molecule has 1 aromatic heterocycles. The summed E-state index contributed by atoms with van der Waals surface area (Å²) in [5.74, 6) is 0.895. The maximum atomic E-state index is 12.0. The van der Waals surface area contributed by atoms with Crippen LogP contribution in [-0.4, -0.2) is 42.1 Å². The molecule has 0 fully saturated rings. The Morgan fingerprint density at radius 3 is 2.58 bits per heavy atom. The van der Waals surface area contributed by atoms with Crippen molar-refractivity contribution in [2.45, 2.75) is 20.3 Å². The van der Waals surface area contributed by atoms with Gasteiger partial charge in [-0.1, -0.05) is 24.2 Å². The van der Waals surface area contributed by atoms with Crippen LogP contribution in [0.15, 0.2) is 34.9 Å². The van der Waals surface area contributed by atoms with Crippen LogP contribution in [0, 0.1) is 6.92 Å². The van der Waals surface area contributed by atoms with E-state index in [1.165, 1.54) is 10.5 Å². The molecule has 0 aliphatic heterocycles. The number of likely N-dealkylation sites (N-methyl/N-ethyl adjacent to an activating group) is 1. The highest BCUT2D eigenvalue weighted by Gasteiger charge is 2.14. The molecule has 128 valence electrons. The molecular formula is C17H21N3O4. The molecule has 24 heavy (non-hydrogen) atoms. The quantitative estimate of drug-likeness (QED) is 0.839. The Labute approximate surface area is 140 Å². The van der Waals surface area contributed by atoms with Crippen LogP contribution in [0.3, 0.4) is 0 Å². The van der Waals surface area contributed by atoms with Crippen LogP contribution in [0.25, 0.3) is 0 Å². The van der Waals surface area contributed by atoms with E-state index in [0.717, 1.165) is 6.42 Å². The minimum absolute atomic E-state index is 0.0944. The van der Waals surface area contributed by atoms with Gasteiger partial charge in [-0.25, -0.2) is 0 Å². The largest absolute Gasteiger partial charge is 0.484 e. The van der Waals surface area contributed by atoms with E-state index in [4.69, 9.17) is 9.26 Å². The Morgan fingerprint density at radius 1 is 1.29 bits per heavy atom. The van der Waals surface area contributed by atoms with E-state index in [1.54, 1.807) is 20.0 Å². The molecule has 0 aliphatic rings. The summed E-state index contributed by atoms with van der Waals surface area (Å²) in [6.07, 6.45) is 0.947. The Bertz CT molecular complexity index is 694. The zero-order valence-corrected chi connectivity index (χ0v) is 14.0. The topological polar surface area (TPSA) is 84.7 Å². The van der Waals surface area contributed by atoms with Gasteiger partial charge in [-0.3, -0.25) is 9.59 Å². The first-order chi connectivity index (χ1) is 11.5. The number of rotatable bonds is 7. The van der Waals surface area contributed by atoms with Crippen molar-refractivity contribution in [2.75, 3.05) is 25.5 Å². The van der Waals surface area contributed by atoms with E-state index in [1.807, 2.05) is 24.3 Å². The van der Waals surface area contributed by atoms with Gasteiger partial charge in [0.05, 0.1) is 6.54 Å². The summed E-state index contributed by atoms with van der Waals surface area (Å²) >= 11 is 0. The highest BCUT2D eigenvalue weighted by molar-refractivity contribution is 5.93. The summed E-state index contributed by atoms with van der Waals surface area (Å²) in [7, 11) is 1.54. The molecule has 2 rings (SSSR count). The van der Waals surface area contributed by atoms with Gasteiger partial charge in [0.25, 0.3) is 5.91 Å². The average molecular weight is 331 g/mol. The van der Waals surface area contributed by atoms with E-state index < -0.39 is 0 Å². The van der Waals surface area contributed by atoms with Crippen molar-refractivity contribution >= 4 is 17.6 Å². The number of carbonyl (C=O) groups excluding carboxylic acids is 2. The minimum Gasteiger partial charge on any atom is -0.484 e. The minimum atomic E-state index is -0.355. The van der Waals surface area contributed by atoms with Crippen molar-refractivity contribution in [3.63, 3.8) is 0 Å². The molecule has 0 saturated carbocycles. The van der Waals surface area contributed by atoms with E-state index in [0.29, 0.717) is 17.3 Å². The summed E-state index contributed by atoms with van der Waals surface area (Å²) in [5.41, 5.74) is 1.20. The normalized spacial score (nSPS) is 10.3. The second-order valence-corrected chi connectivity index (χ2v) is 5.41. The van der Waals surface area contributed by atoms with Gasteiger partial charge in [-0.05, 0) is 31.0 Å². The predicted molar refractivity (Wildman–Crippen MR) is 88.8 cm³/mol. The van der Waals surface area contributed by atoms with Crippen LogP contribution < -0.4 is 10.1 Å². The molecule has 0 unspecified atom stereocenters. The highest BCUT2D eigenvalue weighted by atomic mass is 16.5. The Balaban J connectivity index is 1.77. The fourth-order valence-electron chi connectivity index (χ4n) is 1.99. The van der Waals surface area contributed by atoms with Gasteiger partial charge in [0, 0.05) is 13.1 Å². The molecule has 0 atom stereocenters. The summed E-state index contributed by atoms with van der Waals surface area (Å²) in [4.78, 5) is 25.2. The molecule has 7 nitrogen and oxygen atoms in total. The lowest BCUT2D eigenvalue weighted by Crippen LogP contribution is -2.37. The van der Waals surface area contributed by atoms with Crippen molar-refractivity contribution < 1.29 is 18.8 Å². The van der Waals surface area contributed by atoms with Gasteiger partial charge >= 0.3 is 0 Å². The number of nitrogens with one attached hydrogen (secondary N) is 1. The van der Waals surface area contributed by atoms with Crippen molar-refractivity contribution in [3.8, 4) is 5.75 Å². The number of hydrogen-bond donors (Lipinski definition) is 1. The molecule has 2 aromatic rings. The fraction of sp³-hybridized carbons (Fsp3) is 0.353. The zero-order chi connectivity index (χ0) is 17.5. The molecule has 0 bridgehead atoms. The lowest BCUT2D eigenvalue weighted by molar-refractivity contribution is -0.135. The maximum Gasteiger partial charge on any atom is 0.260 e. The molecule has 1 aromatic carbocycles. The number of aromatic nitrogens is 1. The maximum absolute atomic E-state index is 12.0. The van der Waals surface area contributed by atoms with Gasteiger partial charge in [0.15, 0.2) is 12.4 Å². The number of amides is 2. The molecule has 1 heterocycles. The van der Waals surface area contributed by atoms with Crippen molar-refractivity contribution in [3.05, 3.63) is 41.7 Å². The summed E-state index contributed by atoms with van der Waals surface area (Å²) in [5, 5.41) is 6.22. The van der Waals surface area contributed by atoms with Gasteiger partial charge in [-0.2, -0.15) is 0 Å². The van der Waals surface area contributed by atoms with E-state index in [-0.39, 0.29) is 25.0 Å². The third-order valence-electron chi connectivity index (χ3n) is 3.40. The number of anilines is 1. The number of benzene rings is 1. The second kappa shape index (κ2) is 8.14. The molecule has 0 saturated heterocycles. The number of carbonyl (C=O) groups is 2. The van der Waals surface area contributed by atoms with Crippen LogP contribution in [-0.2, 0) is 16.0 Å². The van der Waals surface area contributed by atoms with Crippen molar-refractivity contribution in [2.24, 2.45) is 0 Å². The smallest absolute Gasteiger partial charge is 0.260 e. The lowest BCUT2D eigenvalue weighted by Gasteiger charge is -2.16. The van der Waals surface area contributed by atoms with E-state index in [2.05, 4.69) is 17.4 Å². The highest BCUT2D eigenvalue weighted by Crippen LogP contribution is 2.12. The third kappa shape index (κ3) is 5.12. The number of aryl methyl sites for hydroxylation is 2. The Hall–Kier alpha value is -2.83. The second-order valence-electron chi connectivity index (χ2n) is 5.41. The first kappa shape index (κ1) is 17.5. The van der Waals surface area contributed by atoms with Crippen LogP contribution in [0.1, 0.15) is 18.2 Å². The van der Waals surface area contributed by atoms with Crippen LogP contribution in [0.4, 0.5) is 5.82 Å². The van der Waals surface area contributed by atoms with Gasteiger partial charge in [0.2, 0.25) is 5.91 Å². The SMILES string of the molecule is CCc1ccc(OCC(=O)N(C)CC(=O)Nc2cc(C)on2)cc1. The molecule has 1 N–H and O–H groups in total. The van der Waals surface area contributed by atoms with E-state index in [9.17, 15) is 9.59 Å². The number of hydrogen-bond acceptors (Lipinski definition) is 5. The zero-order valence-electron chi connectivity index (χ0n) is 14.0. The van der Waals surface area contributed by atoms with Crippen LogP contribution in [0.2, 0.25) is 0 Å². The fourth-order valence-corrected chi connectivity index (χ4v) is 1.99. The lowest BCUT2D eigenvalue weighted by atomic mass is 10.2. The summed E-state index contributed by atoms with van der Waals surface area (Å²) in [6.45, 7) is 3.57. The first-order valence-electron chi connectivity index (χ1n) is 7.66. The molecule has 0 spiro atoms. The van der Waals surface area contributed by atoms with Crippen molar-refractivity contribution in [1.82, 2.24) is 10.1 Å². The third-order valence-corrected chi connectivity index (χ3v) is 3.40. The van der Waals surface area contributed by atoms with Crippen LogP contribution >= 0.6 is 0 Å². The molecular weight excluding hydrogens is 310 g/mol. The molecule has 0 radical (unpaired) electrons. The van der Waals surface area contributed by atoms with Gasteiger partial charge in [-0.15, -0.1) is 0 Å². The standard InChI is InChI=1S/C17H21N3O4/c1-4-13-5-7-14(8-6-13)23-11-17(22)20(3)10-16(21)18-15-9-12(2)24-19-15/h5-9H,4,10-11H2,1-3H3,(H,18,19,21). The Morgan fingerprint density at radius 2 is 2.00 bits per heavy atom.